The van der Waals surface area contributed by atoms with Crippen molar-refractivity contribution in [2.75, 3.05) is 7.11 Å². The van der Waals surface area contributed by atoms with Crippen LogP contribution in [0.2, 0.25) is 0 Å². The fourth-order valence-electron chi connectivity index (χ4n) is 1.98. The van der Waals surface area contributed by atoms with Gasteiger partial charge in [0.1, 0.15) is 18.1 Å². The van der Waals surface area contributed by atoms with Gasteiger partial charge in [0, 0.05) is 10.0 Å². The van der Waals surface area contributed by atoms with Gasteiger partial charge in [0.2, 0.25) is 0 Å². The molecule has 110 valence electrons. The number of aryl methyl sites for hydroxylation is 1. The lowest BCUT2D eigenvalue weighted by atomic mass is 10.1. The molecule has 0 aromatic heterocycles. The van der Waals surface area contributed by atoms with Gasteiger partial charge in [-0.3, -0.25) is 4.79 Å². The van der Waals surface area contributed by atoms with Gasteiger partial charge in [-0.15, -0.1) is 0 Å². The summed E-state index contributed by atoms with van der Waals surface area (Å²) < 4.78 is 12.0. The first-order chi connectivity index (χ1) is 10.0. The predicted molar refractivity (Wildman–Crippen MR) is 86.2 cm³/mol. The minimum atomic E-state index is -0.00490. The van der Waals surface area contributed by atoms with E-state index in [4.69, 9.17) is 9.47 Å². The molecule has 0 atom stereocenters. The van der Waals surface area contributed by atoms with Crippen LogP contribution < -0.4 is 9.47 Å². The van der Waals surface area contributed by atoms with Crippen LogP contribution in [0.5, 0.6) is 11.5 Å². The molecule has 0 radical (unpaired) electrons. The van der Waals surface area contributed by atoms with E-state index < -0.39 is 0 Å². The molecule has 3 nitrogen and oxygen atoms in total. The highest BCUT2D eigenvalue weighted by Crippen LogP contribution is 2.26. The quantitative estimate of drug-likeness (QED) is 0.743. The molecule has 0 saturated carbocycles. The van der Waals surface area contributed by atoms with Crippen LogP contribution in [-0.2, 0) is 6.61 Å². The maximum Gasteiger partial charge on any atom is 0.163 e. The number of carbonyl (C=O) groups excluding carboxylic acids is 1. The summed E-state index contributed by atoms with van der Waals surface area (Å²) in [5.74, 6) is 1.37. The van der Waals surface area contributed by atoms with E-state index in [2.05, 4.69) is 15.9 Å². The van der Waals surface area contributed by atoms with Gasteiger partial charge in [-0.05, 0) is 49.7 Å². The lowest BCUT2D eigenvalue weighted by Crippen LogP contribution is -2.03. The highest BCUT2D eigenvalue weighted by molar-refractivity contribution is 9.10. The third-order valence-electron chi connectivity index (χ3n) is 3.15. The second kappa shape index (κ2) is 6.76. The minimum absolute atomic E-state index is 0.00490. The van der Waals surface area contributed by atoms with Crippen LogP contribution in [0, 0.1) is 6.92 Å². The Bertz CT molecular complexity index is 665. The number of hydrogen-bond donors (Lipinski definition) is 0. The van der Waals surface area contributed by atoms with Crippen molar-refractivity contribution in [2.45, 2.75) is 20.5 Å². The SMILES string of the molecule is COc1ccc(Br)c(COc2cc(C)ccc2C(C)=O)c1. The molecule has 2 rings (SSSR count). The lowest BCUT2D eigenvalue weighted by molar-refractivity contribution is 0.101. The minimum Gasteiger partial charge on any atom is -0.497 e. The number of rotatable bonds is 5. The first-order valence-corrected chi connectivity index (χ1v) is 7.37. The van der Waals surface area contributed by atoms with E-state index in [0.29, 0.717) is 17.9 Å². The van der Waals surface area contributed by atoms with E-state index in [0.717, 1.165) is 21.3 Å². The molecule has 0 amide bonds. The van der Waals surface area contributed by atoms with Crippen LogP contribution >= 0.6 is 15.9 Å². The largest absolute Gasteiger partial charge is 0.497 e. The number of benzene rings is 2. The molecule has 2 aromatic carbocycles. The van der Waals surface area contributed by atoms with E-state index in [1.54, 1.807) is 20.1 Å². The summed E-state index contributed by atoms with van der Waals surface area (Å²) in [6.07, 6.45) is 0. The van der Waals surface area contributed by atoms with Crippen molar-refractivity contribution in [1.29, 1.82) is 0 Å². The van der Waals surface area contributed by atoms with Crippen molar-refractivity contribution in [1.82, 2.24) is 0 Å². The van der Waals surface area contributed by atoms with E-state index in [1.807, 2.05) is 37.3 Å². The van der Waals surface area contributed by atoms with Crippen LogP contribution in [0.1, 0.15) is 28.4 Å². The normalized spacial score (nSPS) is 10.3. The zero-order chi connectivity index (χ0) is 15.4. The summed E-state index contributed by atoms with van der Waals surface area (Å²) in [5, 5.41) is 0. The maximum atomic E-state index is 11.6. The molecule has 0 aliphatic carbocycles. The topological polar surface area (TPSA) is 35.5 Å². The number of ketones is 1. The Morgan fingerprint density at radius 3 is 2.62 bits per heavy atom. The van der Waals surface area contributed by atoms with Gasteiger partial charge in [0.25, 0.3) is 0 Å². The van der Waals surface area contributed by atoms with E-state index >= 15 is 0 Å². The number of Topliss-reactive ketones (excluding diaryl/α,β-unsaturated/α-hetero) is 1. The summed E-state index contributed by atoms with van der Waals surface area (Å²) in [4.78, 5) is 11.6. The number of carbonyl (C=O) groups is 1. The van der Waals surface area contributed by atoms with Crippen LogP contribution in [-0.4, -0.2) is 12.9 Å². The fraction of sp³-hybridized carbons (Fsp3) is 0.235. The molecule has 0 fully saturated rings. The number of methoxy groups -OCH3 is 1. The van der Waals surface area contributed by atoms with E-state index in [1.165, 1.54) is 0 Å². The zero-order valence-electron chi connectivity index (χ0n) is 12.3. The molecule has 4 heteroatoms. The third-order valence-corrected chi connectivity index (χ3v) is 3.93. The second-order valence-corrected chi connectivity index (χ2v) is 5.66. The standard InChI is InChI=1S/C17H17BrO3/c1-11-4-6-15(12(2)19)17(8-11)21-10-13-9-14(20-3)5-7-16(13)18/h4-9H,10H2,1-3H3. The molecule has 0 spiro atoms. The van der Waals surface area contributed by atoms with Gasteiger partial charge in [0.05, 0.1) is 12.7 Å². The first-order valence-electron chi connectivity index (χ1n) is 6.58. The number of ether oxygens (including phenoxy) is 2. The Kier molecular flexibility index (Phi) is 5.02. The van der Waals surface area contributed by atoms with Crippen LogP contribution in [0.15, 0.2) is 40.9 Å². The molecule has 0 saturated heterocycles. The molecule has 0 unspecified atom stereocenters. The molecule has 21 heavy (non-hydrogen) atoms. The molecule has 0 heterocycles. The third kappa shape index (κ3) is 3.85. The molecule has 0 aliphatic rings. The average molecular weight is 349 g/mol. The van der Waals surface area contributed by atoms with Gasteiger partial charge in [-0.25, -0.2) is 0 Å². The first kappa shape index (κ1) is 15.6. The van der Waals surface area contributed by atoms with E-state index in [-0.39, 0.29) is 5.78 Å². The van der Waals surface area contributed by atoms with Gasteiger partial charge in [-0.1, -0.05) is 22.0 Å². The summed E-state index contributed by atoms with van der Waals surface area (Å²) >= 11 is 3.49. The molecule has 0 aliphatic heterocycles. The maximum absolute atomic E-state index is 11.6. The van der Waals surface area contributed by atoms with Gasteiger partial charge in [0.15, 0.2) is 5.78 Å². The van der Waals surface area contributed by atoms with Gasteiger partial charge < -0.3 is 9.47 Å². The average Bonchev–Trinajstić information content (AvgIpc) is 2.46. The Labute approximate surface area is 133 Å². The van der Waals surface area contributed by atoms with Crippen molar-refractivity contribution in [3.63, 3.8) is 0 Å². The Morgan fingerprint density at radius 2 is 1.95 bits per heavy atom. The smallest absolute Gasteiger partial charge is 0.163 e. The number of hydrogen-bond acceptors (Lipinski definition) is 3. The highest BCUT2D eigenvalue weighted by Gasteiger charge is 2.10. The number of halogens is 1. The Hall–Kier alpha value is -1.81. The zero-order valence-corrected chi connectivity index (χ0v) is 13.9. The molecule has 0 bridgehead atoms. The summed E-state index contributed by atoms with van der Waals surface area (Å²) in [5.41, 5.74) is 2.62. The molecular weight excluding hydrogens is 332 g/mol. The van der Waals surface area contributed by atoms with Crippen LogP contribution in [0.3, 0.4) is 0 Å². The monoisotopic (exact) mass is 348 g/mol. The van der Waals surface area contributed by atoms with Crippen LogP contribution in [0.4, 0.5) is 0 Å². The second-order valence-electron chi connectivity index (χ2n) is 4.80. The summed E-state index contributed by atoms with van der Waals surface area (Å²) in [6.45, 7) is 3.87. The van der Waals surface area contributed by atoms with Crippen molar-refractivity contribution >= 4 is 21.7 Å². The van der Waals surface area contributed by atoms with Crippen molar-refractivity contribution in [3.8, 4) is 11.5 Å². The Morgan fingerprint density at radius 1 is 1.19 bits per heavy atom. The predicted octanol–water partition coefficient (Wildman–Crippen LogP) is 4.55. The van der Waals surface area contributed by atoms with Crippen molar-refractivity contribution in [2.24, 2.45) is 0 Å². The van der Waals surface area contributed by atoms with Gasteiger partial charge >= 0.3 is 0 Å². The van der Waals surface area contributed by atoms with E-state index in [9.17, 15) is 4.79 Å². The van der Waals surface area contributed by atoms with Crippen LogP contribution in [0.25, 0.3) is 0 Å². The Balaban J connectivity index is 2.24. The van der Waals surface area contributed by atoms with Crippen molar-refractivity contribution < 1.29 is 14.3 Å². The highest BCUT2D eigenvalue weighted by atomic mass is 79.9. The molecular formula is C17H17BrO3. The van der Waals surface area contributed by atoms with Gasteiger partial charge in [-0.2, -0.15) is 0 Å². The lowest BCUT2D eigenvalue weighted by Gasteiger charge is -2.12. The fourth-order valence-corrected chi connectivity index (χ4v) is 2.35. The van der Waals surface area contributed by atoms with Crippen molar-refractivity contribution in [3.05, 3.63) is 57.6 Å². The summed E-state index contributed by atoms with van der Waals surface area (Å²) in [6, 6.07) is 11.3. The molecule has 0 N–H and O–H groups in total. The summed E-state index contributed by atoms with van der Waals surface area (Å²) in [7, 11) is 1.63. The molecule has 2 aromatic rings.